The predicted octanol–water partition coefficient (Wildman–Crippen LogP) is -0.720. The van der Waals surface area contributed by atoms with Gasteiger partial charge in [0.25, 0.3) is 0 Å². The van der Waals surface area contributed by atoms with Crippen LogP contribution in [0.15, 0.2) is 0 Å². The molecule has 7 heavy (non-hydrogen) atoms. The first-order valence-electron chi connectivity index (χ1n) is 1.09. The molecule has 0 saturated carbocycles. The maximum absolute atomic E-state index is 9.33. The van der Waals surface area contributed by atoms with Crippen molar-refractivity contribution in [2.75, 3.05) is 7.11 Å². The van der Waals surface area contributed by atoms with Gasteiger partial charge in [-0.2, -0.15) is 8.42 Å². The molecule has 0 saturated heterocycles. The third kappa shape index (κ3) is 10.8. The average Bonchev–Trinajstić information content (AvgIpc) is 1.35. The summed E-state index contributed by atoms with van der Waals surface area (Å²) in [4.78, 5) is 0. The van der Waals surface area contributed by atoms with Gasteiger partial charge in [0.15, 0.2) is 0 Å². The molecule has 0 aliphatic heterocycles. The van der Waals surface area contributed by atoms with E-state index in [9.17, 15) is 8.42 Å². The largest absolute Gasteiger partial charge is 2.00 e. The molecule has 0 aromatic rings. The van der Waals surface area contributed by atoms with E-state index in [1.807, 2.05) is 0 Å². The first-order chi connectivity index (χ1) is 2.56. The van der Waals surface area contributed by atoms with Crippen LogP contribution in [-0.2, 0) is 14.6 Å². The Hall–Kier alpha value is 0.636. The molecule has 0 aromatic carbocycles. The van der Waals surface area contributed by atoms with E-state index in [0.717, 1.165) is 7.11 Å². The van der Waals surface area contributed by atoms with E-state index in [4.69, 9.17) is 4.55 Å². The molecule has 0 atom stereocenters. The smallest absolute Gasteiger partial charge is 1.00 e. The third-order valence-corrected chi connectivity index (χ3v) is 0.632. The Bertz CT molecular complexity index is 121. The Morgan fingerprint density at radius 2 is 1.86 bits per heavy atom. The fourth-order valence-electron chi connectivity index (χ4n) is 0. The molecule has 0 spiro atoms. The Kier molecular flexibility index (Phi) is 5.47. The van der Waals surface area contributed by atoms with Crippen LogP contribution >= 0.6 is 0 Å². The molecule has 0 fully saturated rings. The Balaban J connectivity index is -0.0000000417. The molecule has 4 nitrogen and oxygen atoms in total. The van der Waals surface area contributed by atoms with Crippen molar-refractivity contribution in [2.24, 2.45) is 0 Å². The number of rotatable bonds is 1. The first kappa shape index (κ1) is 10.6. The molecule has 0 aliphatic carbocycles. The molecular formula is CH6MgO4S. The molecule has 0 heterocycles. The van der Waals surface area contributed by atoms with Gasteiger partial charge in [0.2, 0.25) is 0 Å². The zero-order valence-electron chi connectivity index (χ0n) is 5.79. The minimum Gasteiger partial charge on any atom is -1.00 e. The molecule has 0 bridgehead atoms. The van der Waals surface area contributed by atoms with Crippen LogP contribution in [0.25, 0.3) is 0 Å². The second kappa shape index (κ2) is 3.62. The summed E-state index contributed by atoms with van der Waals surface area (Å²) in [6.07, 6.45) is 0. The van der Waals surface area contributed by atoms with Crippen LogP contribution in [0.4, 0.5) is 0 Å². The van der Waals surface area contributed by atoms with Crippen molar-refractivity contribution >= 4 is 33.5 Å². The van der Waals surface area contributed by atoms with Crippen LogP contribution in [0.1, 0.15) is 2.85 Å². The van der Waals surface area contributed by atoms with Crippen LogP contribution < -0.4 is 0 Å². The molecular weight excluding hydrogens is 132 g/mol. The summed E-state index contributed by atoms with van der Waals surface area (Å²) < 4.78 is 29.7. The summed E-state index contributed by atoms with van der Waals surface area (Å²) in [5.41, 5.74) is 0. The van der Waals surface area contributed by atoms with Crippen LogP contribution in [0.3, 0.4) is 0 Å². The Morgan fingerprint density at radius 1 is 1.71 bits per heavy atom. The van der Waals surface area contributed by atoms with Gasteiger partial charge in [-0.25, -0.2) is 0 Å². The van der Waals surface area contributed by atoms with E-state index in [2.05, 4.69) is 4.18 Å². The van der Waals surface area contributed by atoms with Gasteiger partial charge in [-0.15, -0.1) is 0 Å². The van der Waals surface area contributed by atoms with Crippen molar-refractivity contribution in [2.45, 2.75) is 0 Å². The fraction of sp³-hybridized carbons (Fsp3) is 1.00. The van der Waals surface area contributed by atoms with Gasteiger partial charge >= 0.3 is 33.5 Å². The van der Waals surface area contributed by atoms with Crippen molar-refractivity contribution in [1.82, 2.24) is 0 Å². The maximum Gasteiger partial charge on any atom is 2.00 e. The summed E-state index contributed by atoms with van der Waals surface area (Å²) in [6.45, 7) is 0. The standard InChI is InChI=1S/CH4O4S.Mg.2H/c1-5-6(2,3)4;;;/h1H3,(H,2,3,4);;;/q;+2;2*-1. The molecule has 0 radical (unpaired) electrons. The molecule has 0 aliphatic rings. The van der Waals surface area contributed by atoms with Gasteiger partial charge in [-0.1, -0.05) is 0 Å². The maximum atomic E-state index is 9.33. The molecule has 6 heteroatoms. The average molecular weight is 138 g/mol. The van der Waals surface area contributed by atoms with Crippen LogP contribution in [0, 0.1) is 0 Å². The SMILES string of the molecule is COS(=O)(=O)O.[H-].[H-].[Mg+2]. The summed E-state index contributed by atoms with van der Waals surface area (Å²) in [5.74, 6) is 0. The minimum absolute atomic E-state index is 0. The van der Waals surface area contributed by atoms with Gasteiger partial charge in [0.1, 0.15) is 0 Å². The zero-order valence-corrected chi connectivity index (χ0v) is 6.02. The quantitative estimate of drug-likeness (QED) is 0.384. The van der Waals surface area contributed by atoms with E-state index in [0.29, 0.717) is 0 Å². The monoisotopic (exact) mass is 138 g/mol. The Labute approximate surface area is 60.9 Å². The normalized spacial score (nSPS) is 10.0. The summed E-state index contributed by atoms with van der Waals surface area (Å²) in [6, 6.07) is 0. The first-order valence-corrected chi connectivity index (χ1v) is 2.46. The van der Waals surface area contributed by atoms with Crippen molar-refractivity contribution in [3.05, 3.63) is 0 Å². The third-order valence-electron chi connectivity index (χ3n) is 0.211. The molecule has 1 N–H and O–H groups in total. The van der Waals surface area contributed by atoms with Gasteiger partial charge in [-0.05, 0) is 0 Å². The van der Waals surface area contributed by atoms with Crippen LogP contribution in [-0.4, -0.2) is 43.1 Å². The van der Waals surface area contributed by atoms with Crippen LogP contribution in [0.2, 0.25) is 0 Å². The summed E-state index contributed by atoms with van der Waals surface area (Å²) in [7, 11) is -3.29. The van der Waals surface area contributed by atoms with Crippen molar-refractivity contribution < 1.29 is 20.0 Å². The molecule has 0 unspecified atom stereocenters. The number of hydrogen-bond acceptors (Lipinski definition) is 3. The van der Waals surface area contributed by atoms with E-state index < -0.39 is 10.4 Å². The molecule has 0 amide bonds. The number of hydrogen-bond donors (Lipinski definition) is 1. The molecule has 42 valence electrons. The predicted molar refractivity (Wildman–Crippen MR) is 26.5 cm³/mol. The second-order valence-electron chi connectivity index (χ2n) is 0.594. The van der Waals surface area contributed by atoms with Gasteiger partial charge in [-0.3, -0.25) is 8.74 Å². The molecule has 0 aromatic heterocycles. The molecule has 0 rings (SSSR count). The van der Waals surface area contributed by atoms with Crippen molar-refractivity contribution in [1.29, 1.82) is 0 Å². The van der Waals surface area contributed by atoms with Crippen molar-refractivity contribution in [3.63, 3.8) is 0 Å². The second-order valence-corrected chi connectivity index (χ2v) is 1.78. The van der Waals surface area contributed by atoms with Gasteiger partial charge < -0.3 is 2.85 Å². The van der Waals surface area contributed by atoms with E-state index in [-0.39, 0.29) is 25.9 Å². The van der Waals surface area contributed by atoms with E-state index >= 15 is 0 Å². The van der Waals surface area contributed by atoms with Crippen molar-refractivity contribution in [3.8, 4) is 0 Å². The van der Waals surface area contributed by atoms with E-state index in [1.54, 1.807) is 0 Å². The summed E-state index contributed by atoms with van der Waals surface area (Å²) >= 11 is 0. The van der Waals surface area contributed by atoms with Crippen LogP contribution in [0.5, 0.6) is 0 Å². The zero-order chi connectivity index (χ0) is 5.21. The fourth-order valence-corrected chi connectivity index (χ4v) is 0. The van der Waals surface area contributed by atoms with Gasteiger partial charge in [0.05, 0.1) is 7.11 Å². The van der Waals surface area contributed by atoms with Gasteiger partial charge in [0, 0.05) is 0 Å². The Morgan fingerprint density at radius 3 is 1.86 bits per heavy atom. The summed E-state index contributed by atoms with van der Waals surface area (Å²) in [5, 5.41) is 0. The topological polar surface area (TPSA) is 63.6 Å². The minimum atomic E-state index is -4.16. The van der Waals surface area contributed by atoms with E-state index in [1.165, 1.54) is 0 Å².